The van der Waals surface area contributed by atoms with E-state index in [1.807, 2.05) is 37.3 Å². The Morgan fingerprint density at radius 3 is 2.77 bits per heavy atom. The summed E-state index contributed by atoms with van der Waals surface area (Å²) in [7, 11) is 0. The van der Waals surface area contributed by atoms with E-state index in [0.29, 0.717) is 12.4 Å². The van der Waals surface area contributed by atoms with E-state index in [4.69, 9.17) is 9.47 Å². The monoisotopic (exact) mass is 368 g/mol. The summed E-state index contributed by atoms with van der Waals surface area (Å²) in [6.45, 7) is 3.89. The van der Waals surface area contributed by atoms with Gasteiger partial charge in [0.25, 0.3) is 0 Å². The molecule has 0 unspecified atom stereocenters. The third-order valence-corrected chi connectivity index (χ3v) is 5.42. The predicted octanol–water partition coefficient (Wildman–Crippen LogP) is 4.78. The zero-order chi connectivity index (χ0) is 17.9. The smallest absolute Gasteiger partial charge is 0.415 e. The SMILES string of the molecule is Cc1cc(OCc2nc3ccccc3s2)ccc1OC(=O)N1CCCC1. The van der Waals surface area contributed by atoms with Gasteiger partial charge in [-0.25, -0.2) is 9.78 Å². The topological polar surface area (TPSA) is 51.7 Å². The Bertz CT molecular complexity index is 899. The molecule has 1 aliphatic rings. The summed E-state index contributed by atoms with van der Waals surface area (Å²) in [5.74, 6) is 1.32. The molecule has 6 heteroatoms. The van der Waals surface area contributed by atoms with Crippen LogP contribution in [0, 0.1) is 6.92 Å². The molecule has 134 valence electrons. The van der Waals surface area contributed by atoms with Gasteiger partial charge in [-0.3, -0.25) is 0 Å². The molecule has 0 spiro atoms. The number of rotatable bonds is 4. The zero-order valence-electron chi connectivity index (χ0n) is 14.6. The summed E-state index contributed by atoms with van der Waals surface area (Å²) in [5.41, 5.74) is 1.87. The van der Waals surface area contributed by atoms with Gasteiger partial charge in [0.05, 0.1) is 10.2 Å². The van der Waals surface area contributed by atoms with Crippen molar-refractivity contribution < 1.29 is 14.3 Å². The van der Waals surface area contributed by atoms with E-state index in [0.717, 1.165) is 52.5 Å². The number of carbonyl (C=O) groups is 1. The van der Waals surface area contributed by atoms with E-state index < -0.39 is 0 Å². The molecule has 2 heterocycles. The standard InChI is InChI=1S/C20H20N2O3S/c1-14-12-15(8-9-17(14)25-20(23)22-10-4-5-11-22)24-13-19-21-16-6-2-3-7-18(16)26-19/h2-3,6-9,12H,4-5,10-11,13H2,1H3. The fourth-order valence-corrected chi connectivity index (χ4v) is 3.89. The number of thiazole rings is 1. The summed E-state index contributed by atoms with van der Waals surface area (Å²) < 4.78 is 12.5. The Hall–Kier alpha value is -2.60. The van der Waals surface area contributed by atoms with Crippen molar-refractivity contribution in [3.8, 4) is 11.5 Å². The van der Waals surface area contributed by atoms with E-state index in [1.165, 1.54) is 0 Å². The van der Waals surface area contributed by atoms with Crippen LogP contribution >= 0.6 is 11.3 Å². The molecular formula is C20H20N2O3S. The molecule has 2 aromatic carbocycles. The van der Waals surface area contributed by atoms with E-state index in [-0.39, 0.29) is 6.09 Å². The highest BCUT2D eigenvalue weighted by molar-refractivity contribution is 7.18. The lowest BCUT2D eigenvalue weighted by Gasteiger charge is -2.16. The number of hydrogen-bond acceptors (Lipinski definition) is 5. The maximum absolute atomic E-state index is 12.1. The van der Waals surface area contributed by atoms with Crippen LogP contribution < -0.4 is 9.47 Å². The van der Waals surface area contributed by atoms with E-state index in [9.17, 15) is 4.79 Å². The largest absolute Gasteiger partial charge is 0.486 e. The van der Waals surface area contributed by atoms with Crippen molar-refractivity contribution in [2.75, 3.05) is 13.1 Å². The first kappa shape index (κ1) is 16.8. The quantitative estimate of drug-likeness (QED) is 0.665. The molecule has 5 nitrogen and oxygen atoms in total. The van der Waals surface area contributed by atoms with Crippen LogP contribution in [0.2, 0.25) is 0 Å². The van der Waals surface area contributed by atoms with E-state index in [1.54, 1.807) is 22.3 Å². The number of nitrogens with zero attached hydrogens (tertiary/aromatic N) is 2. The molecule has 1 fully saturated rings. The fraction of sp³-hybridized carbons (Fsp3) is 0.300. The normalized spacial score (nSPS) is 14.0. The Morgan fingerprint density at radius 1 is 1.19 bits per heavy atom. The molecule has 3 aromatic rings. The highest BCUT2D eigenvalue weighted by Gasteiger charge is 2.20. The van der Waals surface area contributed by atoms with Crippen molar-refractivity contribution >= 4 is 27.6 Å². The van der Waals surface area contributed by atoms with Crippen molar-refractivity contribution in [2.45, 2.75) is 26.4 Å². The number of likely N-dealkylation sites (tertiary alicyclic amines) is 1. The second-order valence-electron chi connectivity index (χ2n) is 6.35. The fourth-order valence-electron chi connectivity index (χ4n) is 3.01. The van der Waals surface area contributed by atoms with Crippen LogP contribution in [0.4, 0.5) is 4.79 Å². The van der Waals surface area contributed by atoms with Crippen LogP contribution in [-0.4, -0.2) is 29.1 Å². The van der Waals surface area contributed by atoms with Gasteiger partial charge in [-0.2, -0.15) is 0 Å². The minimum Gasteiger partial charge on any atom is -0.486 e. The first-order chi connectivity index (χ1) is 12.7. The highest BCUT2D eigenvalue weighted by atomic mass is 32.1. The molecule has 0 aliphatic carbocycles. The maximum Gasteiger partial charge on any atom is 0.415 e. The number of para-hydroxylation sites is 1. The average Bonchev–Trinajstić information content (AvgIpc) is 3.31. The van der Waals surface area contributed by atoms with Gasteiger partial charge in [-0.1, -0.05) is 12.1 Å². The predicted molar refractivity (Wildman–Crippen MR) is 102 cm³/mol. The first-order valence-electron chi connectivity index (χ1n) is 8.74. The Labute approximate surface area is 156 Å². The van der Waals surface area contributed by atoms with E-state index >= 15 is 0 Å². The Balaban J connectivity index is 1.39. The van der Waals surface area contributed by atoms with Gasteiger partial charge in [0.2, 0.25) is 0 Å². The van der Waals surface area contributed by atoms with Crippen molar-refractivity contribution in [3.63, 3.8) is 0 Å². The number of fused-ring (bicyclic) bond motifs is 1. The van der Waals surface area contributed by atoms with Gasteiger partial charge in [-0.15, -0.1) is 11.3 Å². The zero-order valence-corrected chi connectivity index (χ0v) is 15.4. The number of carbonyl (C=O) groups excluding carboxylic acids is 1. The molecule has 1 saturated heterocycles. The van der Waals surface area contributed by atoms with Gasteiger partial charge < -0.3 is 14.4 Å². The van der Waals surface area contributed by atoms with Crippen LogP contribution in [0.25, 0.3) is 10.2 Å². The molecule has 0 saturated carbocycles. The molecule has 0 bridgehead atoms. The lowest BCUT2D eigenvalue weighted by molar-refractivity contribution is 0.162. The number of amides is 1. The summed E-state index contributed by atoms with van der Waals surface area (Å²) >= 11 is 1.64. The van der Waals surface area contributed by atoms with Gasteiger partial charge in [-0.05, 0) is 55.7 Å². The molecule has 0 N–H and O–H groups in total. The number of hydrogen-bond donors (Lipinski definition) is 0. The molecule has 1 aromatic heterocycles. The van der Waals surface area contributed by atoms with Crippen LogP contribution in [0.1, 0.15) is 23.4 Å². The lowest BCUT2D eigenvalue weighted by Crippen LogP contribution is -2.30. The summed E-state index contributed by atoms with van der Waals surface area (Å²) in [5, 5.41) is 0.938. The van der Waals surface area contributed by atoms with Crippen LogP contribution in [-0.2, 0) is 6.61 Å². The number of aromatic nitrogens is 1. The second kappa shape index (κ2) is 7.33. The molecule has 0 radical (unpaired) electrons. The molecule has 0 atom stereocenters. The maximum atomic E-state index is 12.1. The van der Waals surface area contributed by atoms with Crippen molar-refractivity contribution in [2.24, 2.45) is 0 Å². The van der Waals surface area contributed by atoms with Gasteiger partial charge in [0, 0.05) is 13.1 Å². The van der Waals surface area contributed by atoms with E-state index in [2.05, 4.69) is 11.1 Å². The minimum atomic E-state index is -0.270. The molecular weight excluding hydrogens is 348 g/mol. The molecule has 26 heavy (non-hydrogen) atoms. The summed E-state index contributed by atoms with van der Waals surface area (Å²) in [4.78, 5) is 18.4. The minimum absolute atomic E-state index is 0.270. The number of ether oxygens (including phenoxy) is 2. The Morgan fingerprint density at radius 2 is 2.00 bits per heavy atom. The highest BCUT2D eigenvalue weighted by Crippen LogP contribution is 2.27. The lowest BCUT2D eigenvalue weighted by atomic mass is 10.2. The van der Waals surface area contributed by atoms with Crippen molar-refractivity contribution in [1.29, 1.82) is 0 Å². The first-order valence-corrected chi connectivity index (χ1v) is 9.55. The number of benzene rings is 2. The molecule has 4 rings (SSSR count). The average molecular weight is 368 g/mol. The number of aryl methyl sites for hydroxylation is 1. The van der Waals surface area contributed by atoms with Gasteiger partial charge in [0.15, 0.2) is 0 Å². The van der Waals surface area contributed by atoms with Gasteiger partial charge >= 0.3 is 6.09 Å². The molecule has 1 amide bonds. The van der Waals surface area contributed by atoms with Gasteiger partial charge in [0.1, 0.15) is 23.1 Å². The Kier molecular flexibility index (Phi) is 4.75. The van der Waals surface area contributed by atoms with Crippen molar-refractivity contribution in [1.82, 2.24) is 9.88 Å². The third-order valence-electron chi connectivity index (χ3n) is 4.41. The van der Waals surface area contributed by atoms with Crippen molar-refractivity contribution in [3.05, 3.63) is 53.0 Å². The second-order valence-corrected chi connectivity index (χ2v) is 7.47. The third kappa shape index (κ3) is 3.65. The van der Waals surface area contributed by atoms with Crippen LogP contribution in [0.3, 0.4) is 0 Å². The molecule has 1 aliphatic heterocycles. The summed E-state index contributed by atoms with van der Waals surface area (Å²) in [6, 6.07) is 13.6. The van der Waals surface area contributed by atoms with Crippen LogP contribution in [0.15, 0.2) is 42.5 Å². The summed E-state index contributed by atoms with van der Waals surface area (Å²) in [6.07, 6.45) is 1.83. The van der Waals surface area contributed by atoms with Crippen LogP contribution in [0.5, 0.6) is 11.5 Å².